The molecule has 2 aromatic rings. The van der Waals surface area contributed by atoms with E-state index >= 15 is 0 Å². The van der Waals surface area contributed by atoms with Gasteiger partial charge in [0.15, 0.2) is 5.69 Å². The fraction of sp³-hybridized carbons (Fsp3) is 0.312. The van der Waals surface area contributed by atoms with Gasteiger partial charge in [0.05, 0.1) is 19.0 Å². The normalized spacial score (nSPS) is 10.3. The van der Waals surface area contributed by atoms with Crippen LogP contribution in [0.3, 0.4) is 0 Å². The Morgan fingerprint density at radius 2 is 2.14 bits per heavy atom. The summed E-state index contributed by atoms with van der Waals surface area (Å²) in [5.41, 5.74) is 2.17. The van der Waals surface area contributed by atoms with Crippen LogP contribution >= 0.6 is 0 Å². The molecule has 0 aliphatic carbocycles. The Morgan fingerprint density at radius 1 is 1.32 bits per heavy atom. The Morgan fingerprint density at radius 3 is 2.73 bits per heavy atom. The number of aromatic carboxylic acids is 1. The van der Waals surface area contributed by atoms with Crippen LogP contribution in [0.5, 0.6) is 5.75 Å². The molecule has 116 valence electrons. The molecule has 22 heavy (non-hydrogen) atoms. The molecule has 0 amide bonds. The Hall–Kier alpha value is -2.63. The largest absolute Gasteiger partial charge is 0.494 e. The summed E-state index contributed by atoms with van der Waals surface area (Å²) in [5, 5.41) is 11.9. The number of carboxylic acids is 1. The predicted molar refractivity (Wildman–Crippen MR) is 83.3 cm³/mol. The highest BCUT2D eigenvalue weighted by atomic mass is 16.5. The number of aryl methyl sites for hydroxylation is 1. The van der Waals surface area contributed by atoms with E-state index in [1.807, 2.05) is 25.1 Å². The molecule has 0 radical (unpaired) electrons. The second kappa shape index (κ2) is 7.40. The molecule has 0 saturated heterocycles. The van der Waals surface area contributed by atoms with Gasteiger partial charge in [0.1, 0.15) is 11.6 Å². The summed E-state index contributed by atoms with van der Waals surface area (Å²) in [5.74, 6) is 0.321. The zero-order chi connectivity index (χ0) is 15.9. The Balaban J connectivity index is 1.97. The average molecular weight is 301 g/mol. The second-order valence-corrected chi connectivity index (χ2v) is 4.88. The summed E-state index contributed by atoms with van der Waals surface area (Å²) < 4.78 is 5.59. The van der Waals surface area contributed by atoms with Gasteiger partial charge in [0.2, 0.25) is 0 Å². The van der Waals surface area contributed by atoms with Crippen LogP contribution < -0.4 is 10.1 Å². The molecule has 6 nitrogen and oxygen atoms in total. The summed E-state index contributed by atoms with van der Waals surface area (Å²) in [4.78, 5) is 18.5. The first kappa shape index (κ1) is 15.8. The maximum Gasteiger partial charge on any atom is 0.356 e. The average Bonchev–Trinajstić information content (AvgIpc) is 2.52. The first-order valence-corrected chi connectivity index (χ1v) is 7.11. The summed E-state index contributed by atoms with van der Waals surface area (Å²) >= 11 is 0. The van der Waals surface area contributed by atoms with Gasteiger partial charge in [-0.15, -0.1) is 0 Å². The maximum atomic E-state index is 10.7. The van der Waals surface area contributed by atoms with Gasteiger partial charge < -0.3 is 15.2 Å². The maximum absolute atomic E-state index is 10.7. The third-order valence-corrected chi connectivity index (χ3v) is 3.12. The van der Waals surface area contributed by atoms with Crippen molar-refractivity contribution in [2.24, 2.45) is 0 Å². The predicted octanol–water partition coefficient (Wildman–Crippen LogP) is 2.88. The van der Waals surface area contributed by atoms with E-state index in [-0.39, 0.29) is 5.69 Å². The van der Waals surface area contributed by atoms with Gasteiger partial charge in [-0.1, -0.05) is 13.0 Å². The summed E-state index contributed by atoms with van der Waals surface area (Å²) in [6.45, 7) is 5.39. The third-order valence-electron chi connectivity index (χ3n) is 3.12. The summed E-state index contributed by atoms with van der Waals surface area (Å²) in [6, 6.07) is 5.96. The van der Waals surface area contributed by atoms with Crippen molar-refractivity contribution in [3.8, 4) is 5.75 Å². The number of nitrogens with one attached hydrogen (secondary N) is 1. The van der Waals surface area contributed by atoms with Crippen LogP contribution in [0.15, 0.2) is 30.6 Å². The smallest absolute Gasteiger partial charge is 0.356 e. The first-order valence-electron chi connectivity index (χ1n) is 7.11. The van der Waals surface area contributed by atoms with Gasteiger partial charge in [0, 0.05) is 6.54 Å². The molecule has 6 heteroatoms. The number of ether oxygens (including phenoxy) is 1. The molecule has 1 aromatic heterocycles. The molecule has 2 rings (SSSR count). The van der Waals surface area contributed by atoms with Crippen molar-refractivity contribution in [2.75, 3.05) is 11.9 Å². The van der Waals surface area contributed by atoms with E-state index in [0.717, 1.165) is 23.3 Å². The molecule has 0 fully saturated rings. The van der Waals surface area contributed by atoms with Crippen molar-refractivity contribution in [3.05, 3.63) is 47.4 Å². The van der Waals surface area contributed by atoms with Crippen molar-refractivity contribution in [3.63, 3.8) is 0 Å². The minimum atomic E-state index is -1.09. The third kappa shape index (κ3) is 4.18. The van der Waals surface area contributed by atoms with Crippen molar-refractivity contribution in [2.45, 2.75) is 26.8 Å². The number of carbonyl (C=O) groups is 1. The molecule has 0 aliphatic rings. The minimum Gasteiger partial charge on any atom is -0.494 e. The highest BCUT2D eigenvalue weighted by Gasteiger charge is 2.05. The molecule has 0 saturated carbocycles. The number of hydrogen-bond acceptors (Lipinski definition) is 5. The molecule has 0 unspecified atom stereocenters. The Labute approximate surface area is 129 Å². The number of rotatable bonds is 7. The van der Waals surface area contributed by atoms with Crippen LogP contribution in [0, 0.1) is 6.92 Å². The lowest BCUT2D eigenvalue weighted by atomic mass is 10.1. The number of aromatic nitrogens is 2. The monoisotopic (exact) mass is 301 g/mol. The van der Waals surface area contributed by atoms with E-state index in [4.69, 9.17) is 9.84 Å². The zero-order valence-electron chi connectivity index (χ0n) is 12.7. The molecular formula is C16H19N3O3. The first-order chi connectivity index (χ1) is 10.6. The lowest BCUT2D eigenvalue weighted by Crippen LogP contribution is -2.06. The lowest BCUT2D eigenvalue weighted by molar-refractivity contribution is 0.0690. The lowest BCUT2D eigenvalue weighted by Gasteiger charge is -2.11. The quantitative estimate of drug-likeness (QED) is 0.818. The van der Waals surface area contributed by atoms with E-state index in [1.165, 1.54) is 12.4 Å². The van der Waals surface area contributed by atoms with Gasteiger partial charge in [-0.25, -0.2) is 14.8 Å². The molecule has 0 bridgehead atoms. The fourth-order valence-corrected chi connectivity index (χ4v) is 1.89. The van der Waals surface area contributed by atoms with E-state index in [9.17, 15) is 4.79 Å². The molecule has 1 aromatic carbocycles. The van der Waals surface area contributed by atoms with Crippen molar-refractivity contribution in [1.29, 1.82) is 0 Å². The summed E-state index contributed by atoms with van der Waals surface area (Å²) in [6.07, 6.45) is 3.63. The van der Waals surface area contributed by atoms with E-state index < -0.39 is 5.97 Å². The number of benzene rings is 1. The number of anilines is 1. The van der Waals surface area contributed by atoms with Crippen LogP contribution in [0.1, 0.15) is 35.0 Å². The van der Waals surface area contributed by atoms with Crippen molar-refractivity contribution < 1.29 is 14.6 Å². The van der Waals surface area contributed by atoms with E-state index in [0.29, 0.717) is 19.0 Å². The highest BCUT2D eigenvalue weighted by molar-refractivity contribution is 5.84. The van der Waals surface area contributed by atoms with Gasteiger partial charge in [-0.05, 0) is 36.6 Å². The molecular weight excluding hydrogens is 282 g/mol. The molecule has 0 aliphatic heterocycles. The van der Waals surface area contributed by atoms with E-state index in [2.05, 4.69) is 22.2 Å². The standard InChI is InChI=1S/C16H19N3O3/c1-3-6-22-13-5-4-12(11(2)7-13)8-18-15-10-17-14(9-19-15)16(20)21/h4-5,7,9-10H,3,6,8H2,1-2H3,(H,18,19)(H,20,21). The molecule has 1 heterocycles. The van der Waals surface area contributed by atoms with Crippen LogP contribution in [-0.4, -0.2) is 27.7 Å². The number of hydrogen-bond donors (Lipinski definition) is 2. The molecule has 2 N–H and O–H groups in total. The highest BCUT2D eigenvalue weighted by Crippen LogP contribution is 2.18. The van der Waals surface area contributed by atoms with Crippen molar-refractivity contribution >= 4 is 11.8 Å². The Kier molecular flexibility index (Phi) is 5.30. The zero-order valence-corrected chi connectivity index (χ0v) is 12.7. The van der Waals surface area contributed by atoms with Crippen LogP contribution in [0.2, 0.25) is 0 Å². The topological polar surface area (TPSA) is 84.3 Å². The molecule has 0 atom stereocenters. The summed E-state index contributed by atoms with van der Waals surface area (Å²) in [7, 11) is 0. The van der Waals surface area contributed by atoms with Gasteiger partial charge in [0.25, 0.3) is 0 Å². The van der Waals surface area contributed by atoms with Crippen molar-refractivity contribution in [1.82, 2.24) is 9.97 Å². The second-order valence-electron chi connectivity index (χ2n) is 4.88. The van der Waals surface area contributed by atoms with Crippen LogP contribution in [0.25, 0.3) is 0 Å². The van der Waals surface area contributed by atoms with Gasteiger partial charge in [-0.2, -0.15) is 0 Å². The SMILES string of the molecule is CCCOc1ccc(CNc2cnc(C(=O)O)cn2)c(C)c1. The number of carboxylic acid groups (broad SMARTS) is 1. The Bertz CT molecular complexity index is 642. The van der Waals surface area contributed by atoms with Gasteiger partial charge >= 0.3 is 5.97 Å². The van der Waals surface area contributed by atoms with E-state index in [1.54, 1.807) is 0 Å². The van der Waals surface area contributed by atoms with Gasteiger partial charge in [-0.3, -0.25) is 0 Å². The van der Waals surface area contributed by atoms with Crippen LogP contribution in [0.4, 0.5) is 5.82 Å². The number of nitrogens with zero attached hydrogens (tertiary/aromatic N) is 2. The van der Waals surface area contributed by atoms with Crippen LogP contribution in [-0.2, 0) is 6.54 Å². The minimum absolute atomic E-state index is 0.0702. The molecule has 0 spiro atoms. The fourth-order valence-electron chi connectivity index (χ4n) is 1.89.